The van der Waals surface area contributed by atoms with Crippen molar-refractivity contribution in [3.8, 4) is 11.5 Å². The van der Waals surface area contributed by atoms with Crippen LogP contribution >= 0.6 is 0 Å². The number of fused-ring (bicyclic) bond motifs is 1. The Kier molecular flexibility index (Phi) is 4.50. The molecule has 1 atom stereocenters. The first-order valence-corrected chi connectivity index (χ1v) is 10.2. The lowest BCUT2D eigenvalue weighted by molar-refractivity contribution is 0.356. The molecule has 6 nitrogen and oxygen atoms in total. The van der Waals surface area contributed by atoms with E-state index < -0.39 is 10.0 Å². The van der Waals surface area contributed by atoms with Gasteiger partial charge in [0.1, 0.15) is 11.5 Å². The molecule has 2 heterocycles. The highest BCUT2D eigenvalue weighted by atomic mass is 32.2. The van der Waals surface area contributed by atoms with E-state index in [0.29, 0.717) is 18.0 Å². The second-order valence-corrected chi connectivity index (χ2v) is 8.31. The fraction of sp³-hybridized carbons (Fsp3) is 0.368. The van der Waals surface area contributed by atoms with E-state index in [1.54, 1.807) is 25.3 Å². The zero-order valence-electron chi connectivity index (χ0n) is 14.6. The van der Waals surface area contributed by atoms with Crippen molar-refractivity contribution in [3.63, 3.8) is 0 Å². The van der Waals surface area contributed by atoms with Crippen LogP contribution in [0.5, 0.6) is 11.5 Å². The maximum Gasteiger partial charge on any atom is 0.240 e. The Hall–Kier alpha value is -2.25. The summed E-state index contributed by atoms with van der Waals surface area (Å²) in [6.07, 6.45) is 1.51. The molecule has 0 saturated carbocycles. The predicted molar refractivity (Wildman–Crippen MR) is 99.6 cm³/mol. The predicted octanol–water partition coefficient (Wildman–Crippen LogP) is 2.19. The highest BCUT2D eigenvalue weighted by Gasteiger charge is 2.29. The van der Waals surface area contributed by atoms with Crippen molar-refractivity contribution in [1.82, 2.24) is 4.72 Å². The van der Waals surface area contributed by atoms with Crippen LogP contribution in [0.15, 0.2) is 47.4 Å². The van der Waals surface area contributed by atoms with Crippen LogP contribution in [-0.2, 0) is 16.4 Å². The lowest BCUT2D eigenvalue weighted by atomic mass is 10.2. The van der Waals surface area contributed by atoms with Gasteiger partial charge in [-0.05, 0) is 42.3 Å². The Balaban J connectivity index is 1.48. The molecule has 4 rings (SSSR count). The van der Waals surface area contributed by atoms with E-state index in [9.17, 15) is 8.42 Å². The van der Waals surface area contributed by atoms with Crippen molar-refractivity contribution < 1.29 is 17.9 Å². The van der Waals surface area contributed by atoms with E-state index in [4.69, 9.17) is 9.47 Å². The fourth-order valence-electron chi connectivity index (χ4n) is 3.58. The molecule has 2 aliphatic heterocycles. The van der Waals surface area contributed by atoms with Crippen molar-refractivity contribution in [3.05, 3.63) is 48.0 Å². The summed E-state index contributed by atoms with van der Waals surface area (Å²) in [6, 6.07) is 12.7. The van der Waals surface area contributed by atoms with Gasteiger partial charge in [0.05, 0.1) is 24.3 Å². The summed E-state index contributed by atoms with van der Waals surface area (Å²) in [5, 5.41) is 0. The molecule has 26 heavy (non-hydrogen) atoms. The SMILES string of the molecule is COc1ccccc1N1CCC(NS(=O)(=O)c2ccc3c(c2)CCO3)C1. The molecule has 0 aliphatic carbocycles. The molecule has 1 unspecified atom stereocenters. The maximum absolute atomic E-state index is 12.8. The molecule has 2 aromatic carbocycles. The Morgan fingerprint density at radius 1 is 1.23 bits per heavy atom. The molecule has 0 spiro atoms. The number of rotatable bonds is 5. The summed E-state index contributed by atoms with van der Waals surface area (Å²) in [7, 11) is -1.90. The van der Waals surface area contributed by atoms with Crippen LogP contribution in [0.2, 0.25) is 0 Å². The third kappa shape index (κ3) is 3.24. The first kappa shape index (κ1) is 17.2. The summed E-state index contributed by atoms with van der Waals surface area (Å²) in [4.78, 5) is 2.46. The summed E-state index contributed by atoms with van der Waals surface area (Å²) < 4.78 is 39.2. The van der Waals surface area contributed by atoms with E-state index in [1.807, 2.05) is 24.3 Å². The Bertz CT molecular complexity index is 914. The highest BCUT2D eigenvalue weighted by Crippen LogP contribution is 2.31. The molecule has 1 N–H and O–H groups in total. The second kappa shape index (κ2) is 6.81. The molecule has 1 saturated heterocycles. The Labute approximate surface area is 153 Å². The summed E-state index contributed by atoms with van der Waals surface area (Å²) in [5.41, 5.74) is 1.95. The lowest BCUT2D eigenvalue weighted by Gasteiger charge is -2.21. The fourth-order valence-corrected chi connectivity index (χ4v) is 4.90. The molecule has 138 valence electrons. The topological polar surface area (TPSA) is 67.9 Å². The van der Waals surface area contributed by atoms with Gasteiger partial charge in [0.2, 0.25) is 10.0 Å². The maximum atomic E-state index is 12.8. The largest absolute Gasteiger partial charge is 0.495 e. The van der Waals surface area contributed by atoms with Crippen LogP contribution in [0.4, 0.5) is 5.69 Å². The standard InChI is InChI=1S/C19H22N2O4S/c1-24-19-5-3-2-4-17(19)21-10-8-15(13-21)20-26(22,23)16-6-7-18-14(12-16)9-11-25-18/h2-7,12,15,20H,8-11,13H2,1H3. The number of anilines is 1. The van der Waals surface area contributed by atoms with Crippen molar-refractivity contribution in [2.45, 2.75) is 23.8 Å². The van der Waals surface area contributed by atoms with E-state index >= 15 is 0 Å². The third-order valence-corrected chi connectivity index (χ3v) is 6.43. The molecule has 2 aromatic rings. The Morgan fingerprint density at radius 3 is 2.92 bits per heavy atom. The van der Waals surface area contributed by atoms with Crippen LogP contribution in [0.1, 0.15) is 12.0 Å². The molecule has 0 radical (unpaired) electrons. The smallest absolute Gasteiger partial charge is 0.240 e. The van der Waals surface area contributed by atoms with Crippen molar-refractivity contribution >= 4 is 15.7 Å². The summed E-state index contributed by atoms with van der Waals surface area (Å²) >= 11 is 0. The molecule has 0 amide bonds. The quantitative estimate of drug-likeness (QED) is 0.869. The number of para-hydroxylation sites is 2. The monoisotopic (exact) mass is 374 g/mol. The minimum atomic E-state index is -3.55. The van der Waals surface area contributed by atoms with Gasteiger partial charge in [-0.3, -0.25) is 0 Å². The normalized spacial score (nSPS) is 19.3. The van der Waals surface area contributed by atoms with Crippen LogP contribution in [0.25, 0.3) is 0 Å². The minimum Gasteiger partial charge on any atom is -0.495 e. The first-order chi connectivity index (χ1) is 12.6. The van der Waals surface area contributed by atoms with Gasteiger partial charge in [0.15, 0.2) is 0 Å². The van der Waals surface area contributed by atoms with Gasteiger partial charge in [-0.2, -0.15) is 0 Å². The van der Waals surface area contributed by atoms with Gasteiger partial charge in [-0.25, -0.2) is 13.1 Å². The van der Waals surface area contributed by atoms with E-state index in [0.717, 1.165) is 42.1 Å². The zero-order valence-corrected chi connectivity index (χ0v) is 15.5. The van der Waals surface area contributed by atoms with Gasteiger partial charge in [-0.15, -0.1) is 0 Å². The van der Waals surface area contributed by atoms with Gasteiger partial charge in [0, 0.05) is 25.6 Å². The van der Waals surface area contributed by atoms with Gasteiger partial charge in [-0.1, -0.05) is 12.1 Å². The second-order valence-electron chi connectivity index (χ2n) is 6.59. The van der Waals surface area contributed by atoms with Crippen LogP contribution < -0.4 is 19.1 Å². The number of ether oxygens (including phenoxy) is 2. The summed E-state index contributed by atoms with van der Waals surface area (Å²) in [6.45, 7) is 2.02. The van der Waals surface area contributed by atoms with Gasteiger partial charge < -0.3 is 14.4 Å². The van der Waals surface area contributed by atoms with Crippen molar-refractivity contribution in [1.29, 1.82) is 0 Å². The number of hydrogen-bond donors (Lipinski definition) is 1. The molecule has 2 aliphatic rings. The number of benzene rings is 2. The number of nitrogens with zero attached hydrogens (tertiary/aromatic N) is 1. The average Bonchev–Trinajstić information content (AvgIpc) is 3.29. The van der Waals surface area contributed by atoms with Gasteiger partial charge >= 0.3 is 0 Å². The highest BCUT2D eigenvalue weighted by molar-refractivity contribution is 7.89. The number of hydrogen-bond acceptors (Lipinski definition) is 5. The molecular weight excluding hydrogens is 352 g/mol. The zero-order chi connectivity index (χ0) is 18.1. The molecule has 0 bridgehead atoms. The minimum absolute atomic E-state index is 0.130. The van der Waals surface area contributed by atoms with Crippen molar-refractivity contribution in [2.24, 2.45) is 0 Å². The van der Waals surface area contributed by atoms with Gasteiger partial charge in [0.25, 0.3) is 0 Å². The lowest BCUT2D eigenvalue weighted by Crippen LogP contribution is -2.37. The van der Waals surface area contributed by atoms with Crippen LogP contribution in [0.3, 0.4) is 0 Å². The molecule has 7 heteroatoms. The van der Waals surface area contributed by atoms with E-state index in [1.165, 1.54) is 0 Å². The van der Waals surface area contributed by atoms with E-state index in [2.05, 4.69) is 9.62 Å². The van der Waals surface area contributed by atoms with Crippen LogP contribution in [0, 0.1) is 0 Å². The number of nitrogens with one attached hydrogen (secondary N) is 1. The average molecular weight is 374 g/mol. The number of sulfonamides is 1. The third-order valence-electron chi connectivity index (χ3n) is 4.91. The van der Waals surface area contributed by atoms with E-state index in [-0.39, 0.29) is 6.04 Å². The number of methoxy groups -OCH3 is 1. The van der Waals surface area contributed by atoms with Crippen molar-refractivity contribution in [2.75, 3.05) is 31.7 Å². The Morgan fingerprint density at radius 2 is 2.08 bits per heavy atom. The molecular formula is C19H22N2O4S. The first-order valence-electron chi connectivity index (χ1n) is 8.73. The molecule has 0 aromatic heterocycles. The molecule has 1 fully saturated rings. The summed E-state index contributed by atoms with van der Waals surface area (Å²) in [5.74, 6) is 1.58. The van der Waals surface area contributed by atoms with Crippen LogP contribution in [-0.4, -0.2) is 41.3 Å².